The van der Waals surface area contributed by atoms with Gasteiger partial charge in [-0.1, -0.05) is 24.3 Å². The van der Waals surface area contributed by atoms with E-state index in [-0.39, 0.29) is 75.6 Å². The number of hydrogen-bond acceptors (Lipinski definition) is 7. The van der Waals surface area contributed by atoms with Gasteiger partial charge >= 0.3 is 0 Å². The average Bonchev–Trinajstić information content (AvgIpc) is 2.59. The van der Waals surface area contributed by atoms with E-state index in [1.54, 1.807) is 30.3 Å². The summed E-state index contributed by atoms with van der Waals surface area (Å²) in [5.41, 5.74) is 0.128. The first-order valence-electron chi connectivity index (χ1n) is 7.29. The molecular weight excluding hydrogens is 442 g/mol. The number of fused-ring (bicyclic) bond motifs is 1. The van der Waals surface area contributed by atoms with Crippen molar-refractivity contribution in [1.82, 2.24) is 0 Å². The molecule has 29 heavy (non-hydrogen) atoms. The summed E-state index contributed by atoms with van der Waals surface area (Å²) in [6.07, 6.45) is 0. The summed E-state index contributed by atoms with van der Waals surface area (Å²) in [6, 6.07) is 12.5. The minimum absolute atomic E-state index is 0. The van der Waals surface area contributed by atoms with Gasteiger partial charge in [0.1, 0.15) is 10.6 Å². The Bertz CT molecular complexity index is 1280. The molecule has 0 aromatic heterocycles. The zero-order valence-electron chi connectivity index (χ0n) is 15.4. The maximum absolute atomic E-state index is 11.6. The Hall–Kier alpha value is -0.860. The Balaban J connectivity index is 0.00000210. The minimum atomic E-state index is -4.84. The van der Waals surface area contributed by atoms with Gasteiger partial charge in [-0.3, -0.25) is 9.11 Å². The minimum Gasteiger partial charge on any atom is -0.504 e. The molecule has 3 N–H and O–H groups in total. The summed E-state index contributed by atoms with van der Waals surface area (Å²) in [6.45, 7) is 0. The number of aromatic hydroxyl groups is 1. The van der Waals surface area contributed by atoms with Crippen LogP contribution < -0.4 is 0 Å². The second-order valence-electron chi connectivity index (χ2n) is 5.44. The van der Waals surface area contributed by atoms with Gasteiger partial charge in [0.25, 0.3) is 20.2 Å². The van der Waals surface area contributed by atoms with Gasteiger partial charge < -0.3 is 5.11 Å². The molecule has 0 atom stereocenters. The summed E-state index contributed by atoms with van der Waals surface area (Å²) in [5.74, 6) is -0.843. The number of benzene rings is 3. The van der Waals surface area contributed by atoms with E-state index in [0.717, 1.165) is 18.2 Å². The van der Waals surface area contributed by atoms with Gasteiger partial charge in [-0.05, 0) is 35.7 Å². The number of nitrogens with zero attached hydrogens (tertiary/aromatic N) is 2. The maximum Gasteiger partial charge on any atom is 0.298 e. The fourth-order valence-electron chi connectivity index (χ4n) is 2.39. The molecule has 0 heterocycles. The Kier molecular flexibility index (Phi) is 8.99. The van der Waals surface area contributed by atoms with Gasteiger partial charge in [0.2, 0.25) is 0 Å². The largest absolute Gasteiger partial charge is 0.504 e. The molecule has 142 valence electrons. The molecule has 0 fully saturated rings. The quantitative estimate of drug-likeness (QED) is 0.311. The van der Waals surface area contributed by atoms with Crippen molar-refractivity contribution in [3.8, 4) is 5.75 Å². The van der Waals surface area contributed by atoms with E-state index in [2.05, 4.69) is 10.2 Å². The van der Waals surface area contributed by atoms with Crippen molar-refractivity contribution in [2.45, 2.75) is 9.79 Å². The van der Waals surface area contributed by atoms with Crippen LogP contribution in [0.1, 0.15) is 0 Å². The molecule has 0 aliphatic heterocycles. The van der Waals surface area contributed by atoms with E-state index in [1.165, 1.54) is 6.07 Å². The van der Waals surface area contributed by atoms with Crippen LogP contribution in [-0.2, 0) is 20.2 Å². The van der Waals surface area contributed by atoms with Crippen molar-refractivity contribution in [2.75, 3.05) is 0 Å². The van der Waals surface area contributed by atoms with Crippen LogP contribution in [0.25, 0.3) is 10.8 Å². The number of rotatable bonds is 4. The van der Waals surface area contributed by atoms with E-state index < -0.39 is 35.8 Å². The van der Waals surface area contributed by atoms with Crippen LogP contribution in [0.5, 0.6) is 5.75 Å². The normalized spacial score (nSPS) is 11.8. The molecule has 3 aromatic rings. The second-order valence-corrected chi connectivity index (χ2v) is 8.25. The van der Waals surface area contributed by atoms with E-state index in [4.69, 9.17) is 4.55 Å². The Morgan fingerprint density at radius 1 is 0.759 bits per heavy atom. The fourth-order valence-corrected chi connectivity index (χ4v) is 3.52. The van der Waals surface area contributed by atoms with Crippen LogP contribution in [0.3, 0.4) is 0 Å². The molecule has 0 saturated carbocycles. The predicted octanol–water partition coefficient (Wildman–Crippen LogP) is 2.69. The monoisotopic (exact) mass is 454 g/mol. The molecule has 0 spiro atoms. The van der Waals surface area contributed by atoms with Gasteiger partial charge in [-0.25, -0.2) is 0 Å². The summed E-state index contributed by atoms with van der Waals surface area (Å²) < 4.78 is 64.3. The molecule has 3 aromatic carbocycles. The smallest absolute Gasteiger partial charge is 0.298 e. The Morgan fingerprint density at radius 2 is 1.38 bits per heavy atom. The first kappa shape index (κ1) is 26.2. The van der Waals surface area contributed by atoms with Gasteiger partial charge in [0.15, 0.2) is 5.75 Å². The Labute approximate surface area is 210 Å². The molecule has 9 nitrogen and oxygen atoms in total. The molecular formula is C16H12N2Na2O7S2. The first-order valence-corrected chi connectivity index (χ1v) is 10.2. The van der Waals surface area contributed by atoms with Crippen LogP contribution in [0.15, 0.2) is 74.6 Å². The molecule has 13 heteroatoms. The van der Waals surface area contributed by atoms with Gasteiger partial charge in [-0.15, -0.1) is 5.11 Å². The molecule has 3 rings (SSSR count). The third kappa shape index (κ3) is 6.07. The molecule has 0 aliphatic rings. The summed E-state index contributed by atoms with van der Waals surface area (Å²) in [7, 11) is -9.39. The standard InChI is InChI=1S/C16H12N2O7S2.2Na/c19-16-14(27(23,24)25)9-10-8-12(26(20,21)22)6-7-13(10)15(16)18-17-11-4-2-1-3-5-11;;/h1-9,19H,(H,20,21,22)(H,23,24,25);;. The zero-order chi connectivity index (χ0) is 19.8. The van der Waals surface area contributed by atoms with Gasteiger partial charge in [0, 0.05) is 64.5 Å². The molecule has 0 amide bonds. The molecule has 2 radical (unpaired) electrons. The van der Waals surface area contributed by atoms with Crippen LogP contribution >= 0.6 is 0 Å². The van der Waals surface area contributed by atoms with Gasteiger partial charge in [0.05, 0.1) is 10.6 Å². The van der Waals surface area contributed by atoms with E-state index >= 15 is 0 Å². The number of azo groups is 1. The summed E-state index contributed by atoms with van der Waals surface area (Å²) in [5, 5.41) is 18.2. The number of phenols is 1. The van der Waals surface area contributed by atoms with Crippen LogP contribution in [0, 0.1) is 0 Å². The molecule has 0 saturated heterocycles. The van der Waals surface area contributed by atoms with Crippen molar-refractivity contribution < 1.29 is 31.0 Å². The van der Waals surface area contributed by atoms with Crippen molar-refractivity contribution in [3.63, 3.8) is 0 Å². The summed E-state index contributed by atoms with van der Waals surface area (Å²) >= 11 is 0. The number of hydrogen-bond donors (Lipinski definition) is 3. The van der Waals surface area contributed by atoms with Crippen LogP contribution in [0.2, 0.25) is 0 Å². The maximum atomic E-state index is 11.6. The van der Waals surface area contributed by atoms with Crippen molar-refractivity contribution in [3.05, 3.63) is 54.6 Å². The predicted molar refractivity (Wildman–Crippen MR) is 107 cm³/mol. The third-order valence-corrected chi connectivity index (χ3v) is 5.34. The topological polar surface area (TPSA) is 154 Å². The summed E-state index contributed by atoms with van der Waals surface area (Å²) in [4.78, 5) is -1.36. The van der Waals surface area contributed by atoms with Crippen molar-refractivity contribution in [2.24, 2.45) is 10.2 Å². The first-order chi connectivity index (χ1) is 12.6. The van der Waals surface area contributed by atoms with Crippen LogP contribution in [0.4, 0.5) is 11.4 Å². The van der Waals surface area contributed by atoms with Crippen LogP contribution in [-0.4, -0.2) is 90.2 Å². The van der Waals surface area contributed by atoms with Crippen molar-refractivity contribution in [1.29, 1.82) is 0 Å². The number of phenolic OH excluding ortho intramolecular Hbond substituents is 1. The Morgan fingerprint density at radius 3 is 1.93 bits per heavy atom. The molecule has 0 unspecified atom stereocenters. The SMILES string of the molecule is O=S(=O)(O)c1ccc2c(N=Nc3ccccc3)c(O)c(S(=O)(=O)O)cc2c1.[Na].[Na]. The average molecular weight is 454 g/mol. The van der Waals surface area contributed by atoms with E-state index in [9.17, 15) is 26.5 Å². The zero-order valence-corrected chi connectivity index (χ0v) is 21.0. The fraction of sp³-hybridized carbons (Fsp3) is 0. The second kappa shape index (κ2) is 9.96. The van der Waals surface area contributed by atoms with Crippen molar-refractivity contribution >= 4 is 101 Å². The third-order valence-electron chi connectivity index (χ3n) is 3.62. The van der Waals surface area contributed by atoms with Gasteiger partial charge in [-0.2, -0.15) is 21.9 Å². The van der Waals surface area contributed by atoms with E-state index in [0.29, 0.717) is 5.69 Å². The molecule has 0 bridgehead atoms. The molecule has 0 aliphatic carbocycles. The van der Waals surface area contributed by atoms with E-state index in [1.807, 2.05) is 0 Å².